The SMILES string of the molecule is Cc1cc(C)n2nc(C(=O)Nc3cccc(Cl)c3)c(-c3ccc(C)c(S(=O)(=O)N4CCCCC4)c3)c2n1. The second-order valence-electron chi connectivity index (χ2n) is 9.41. The van der Waals surface area contributed by atoms with Gasteiger partial charge in [0.2, 0.25) is 10.0 Å². The number of nitrogens with one attached hydrogen (secondary N) is 1. The van der Waals surface area contributed by atoms with Crippen LogP contribution in [0.25, 0.3) is 16.8 Å². The maximum Gasteiger partial charge on any atom is 0.276 e. The van der Waals surface area contributed by atoms with Gasteiger partial charge in [-0.05, 0) is 75.1 Å². The molecule has 2 aromatic carbocycles. The van der Waals surface area contributed by atoms with Gasteiger partial charge in [0.25, 0.3) is 5.91 Å². The summed E-state index contributed by atoms with van der Waals surface area (Å²) >= 11 is 6.10. The summed E-state index contributed by atoms with van der Waals surface area (Å²) in [6.07, 6.45) is 2.73. The first-order chi connectivity index (χ1) is 17.6. The van der Waals surface area contributed by atoms with Crippen LogP contribution in [0.4, 0.5) is 5.69 Å². The van der Waals surface area contributed by atoms with Crippen LogP contribution in [0.3, 0.4) is 0 Å². The number of rotatable bonds is 5. The summed E-state index contributed by atoms with van der Waals surface area (Å²) in [5.41, 5.74) is 4.41. The molecule has 8 nitrogen and oxygen atoms in total. The molecule has 1 fully saturated rings. The van der Waals surface area contributed by atoms with E-state index in [1.54, 1.807) is 52.1 Å². The second kappa shape index (κ2) is 9.89. The molecular formula is C27H28ClN5O3S. The minimum atomic E-state index is -3.69. The van der Waals surface area contributed by atoms with Gasteiger partial charge < -0.3 is 5.32 Å². The molecule has 1 N–H and O–H groups in total. The number of carbonyl (C=O) groups is 1. The first-order valence-corrected chi connectivity index (χ1v) is 14.0. The van der Waals surface area contributed by atoms with Crippen molar-refractivity contribution in [2.45, 2.75) is 44.9 Å². The molecule has 192 valence electrons. The van der Waals surface area contributed by atoms with Crippen molar-refractivity contribution >= 4 is 38.9 Å². The highest BCUT2D eigenvalue weighted by atomic mass is 35.5. The summed E-state index contributed by atoms with van der Waals surface area (Å²) in [6.45, 7) is 6.57. The summed E-state index contributed by atoms with van der Waals surface area (Å²) in [4.78, 5) is 18.4. The molecule has 1 amide bonds. The van der Waals surface area contributed by atoms with E-state index in [2.05, 4.69) is 15.4 Å². The lowest BCUT2D eigenvalue weighted by molar-refractivity contribution is 0.102. The average Bonchev–Trinajstić information content (AvgIpc) is 3.25. The normalized spacial score (nSPS) is 14.7. The van der Waals surface area contributed by atoms with Crippen molar-refractivity contribution < 1.29 is 13.2 Å². The molecule has 0 bridgehead atoms. The monoisotopic (exact) mass is 537 g/mol. The number of aryl methyl sites for hydroxylation is 3. The highest BCUT2D eigenvalue weighted by Gasteiger charge is 2.29. The number of anilines is 1. The number of carbonyl (C=O) groups excluding carboxylic acids is 1. The van der Waals surface area contributed by atoms with Gasteiger partial charge in [0.15, 0.2) is 11.3 Å². The number of sulfonamides is 1. The lowest BCUT2D eigenvalue weighted by Crippen LogP contribution is -2.35. The number of nitrogens with zero attached hydrogens (tertiary/aromatic N) is 4. The summed E-state index contributed by atoms with van der Waals surface area (Å²) in [5.74, 6) is -0.444. The van der Waals surface area contributed by atoms with Crippen LogP contribution in [0.2, 0.25) is 5.02 Å². The lowest BCUT2D eigenvalue weighted by Gasteiger charge is -2.26. The molecule has 2 aromatic heterocycles. The van der Waals surface area contributed by atoms with Gasteiger partial charge >= 0.3 is 0 Å². The van der Waals surface area contributed by atoms with Crippen LogP contribution in [-0.2, 0) is 10.0 Å². The predicted octanol–water partition coefficient (Wildman–Crippen LogP) is 5.40. The molecular weight excluding hydrogens is 510 g/mol. The Morgan fingerprint density at radius 1 is 1.00 bits per heavy atom. The maximum absolute atomic E-state index is 13.6. The zero-order chi connectivity index (χ0) is 26.3. The second-order valence-corrected chi connectivity index (χ2v) is 11.8. The van der Waals surface area contributed by atoms with Gasteiger partial charge in [-0.1, -0.05) is 36.2 Å². The summed E-state index contributed by atoms with van der Waals surface area (Å²) in [6, 6.07) is 14.0. The Kier molecular flexibility index (Phi) is 6.78. The van der Waals surface area contributed by atoms with Crippen LogP contribution in [0.1, 0.15) is 46.7 Å². The summed E-state index contributed by atoms with van der Waals surface area (Å²) < 4.78 is 30.4. The fourth-order valence-electron chi connectivity index (χ4n) is 4.78. The standard InChI is InChI=1S/C27H28ClN5O3S/c1-17-10-11-20(15-23(17)37(35,36)32-12-5-4-6-13-32)24-25(27(34)30-22-9-7-8-21(28)16-22)31-33-19(3)14-18(2)29-26(24)33/h7-11,14-16H,4-6,12-13H2,1-3H3,(H,30,34). The molecule has 4 aromatic rings. The van der Waals surface area contributed by atoms with Gasteiger partial charge in [0.05, 0.1) is 10.5 Å². The zero-order valence-electron chi connectivity index (χ0n) is 21.0. The van der Waals surface area contributed by atoms with Crippen molar-refractivity contribution in [2.24, 2.45) is 0 Å². The molecule has 1 aliphatic heterocycles. The first kappa shape index (κ1) is 25.4. The van der Waals surface area contributed by atoms with Gasteiger partial charge in [-0.3, -0.25) is 4.79 Å². The molecule has 0 radical (unpaired) electrons. The van der Waals surface area contributed by atoms with Gasteiger partial charge in [0.1, 0.15) is 0 Å². The minimum absolute atomic E-state index is 0.145. The number of benzene rings is 2. The third kappa shape index (κ3) is 4.86. The molecule has 1 saturated heterocycles. The number of fused-ring (bicyclic) bond motifs is 1. The Balaban J connectivity index is 1.67. The van der Waals surface area contributed by atoms with Crippen LogP contribution in [-0.4, -0.2) is 46.3 Å². The van der Waals surface area contributed by atoms with E-state index in [-0.39, 0.29) is 10.6 Å². The third-order valence-corrected chi connectivity index (χ3v) is 8.88. The molecule has 0 saturated carbocycles. The lowest BCUT2D eigenvalue weighted by atomic mass is 10.0. The Labute approximate surface area is 221 Å². The van der Waals surface area contributed by atoms with Gasteiger partial charge in [0, 0.05) is 35.2 Å². The van der Waals surface area contributed by atoms with E-state index in [1.807, 2.05) is 26.0 Å². The molecule has 37 heavy (non-hydrogen) atoms. The van der Waals surface area contributed by atoms with E-state index in [4.69, 9.17) is 11.6 Å². The Hall–Kier alpha value is -3.27. The van der Waals surface area contributed by atoms with Crippen LogP contribution in [0, 0.1) is 20.8 Å². The van der Waals surface area contributed by atoms with E-state index in [9.17, 15) is 13.2 Å². The quantitative estimate of drug-likeness (QED) is 0.367. The van der Waals surface area contributed by atoms with Crippen molar-refractivity contribution in [3.05, 3.63) is 76.2 Å². The van der Waals surface area contributed by atoms with Crippen molar-refractivity contribution in [3.63, 3.8) is 0 Å². The van der Waals surface area contributed by atoms with Gasteiger partial charge in [-0.15, -0.1) is 0 Å². The number of hydrogen-bond acceptors (Lipinski definition) is 5. The minimum Gasteiger partial charge on any atom is -0.321 e. The van der Waals surface area contributed by atoms with Gasteiger partial charge in [-0.2, -0.15) is 9.40 Å². The number of hydrogen-bond donors (Lipinski definition) is 1. The Morgan fingerprint density at radius 2 is 1.76 bits per heavy atom. The van der Waals surface area contributed by atoms with Crippen LogP contribution >= 0.6 is 11.6 Å². The smallest absolute Gasteiger partial charge is 0.276 e. The molecule has 0 atom stereocenters. The van der Waals surface area contributed by atoms with Gasteiger partial charge in [-0.25, -0.2) is 17.9 Å². The topological polar surface area (TPSA) is 96.7 Å². The van der Waals surface area contributed by atoms with E-state index in [0.29, 0.717) is 46.1 Å². The molecule has 1 aliphatic rings. The largest absolute Gasteiger partial charge is 0.321 e. The van der Waals surface area contributed by atoms with Crippen LogP contribution in [0.5, 0.6) is 0 Å². The summed E-state index contributed by atoms with van der Waals surface area (Å²) in [7, 11) is -3.69. The fraction of sp³-hybridized carbons (Fsp3) is 0.296. The van der Waals surface area contributed by atoms with E-state index in [1.165, 1.54) is 0 Å². The zero-order valence-corrected chi connectivity index (χ0v) is 22.5. The number of halogens is 1. The number of piperidine rings is 1. The molecule has 10 heteroatoms. The maximum atomic E-state index is 13.6. The fourth-order valence-corrected chi connectivity index (χ4v) is 6.74. The first-order valence-electron chi connectivity index (χ1n) is 12.2. The van der Waals surface area contributed by atoms with E-state index >= 15 is 0 Å². The van der Waals surface area contributed by atoms with Crippen LogP contribution < -0.4 is 5.32 Å². The van der Waals surface area contributed by atoms with E-state index < -0.39 is 15.9 Å². The Morgan fingerprint density at radius 3 is 2.49 bits per heavy atom. The van der Waals surface area contributed by atoms with E-state index in [0.717, 1.165) is 30.7 Å². The predicted molar refractivity (Wildman–Crippen MR) is 145 cm³/mol. The molecule has 3 heterocycles. The molecule has 0 unspecified atom stereocenters. The van der Waals surface area contributed by atoms with Crippen molar-refractivity contribution in [1.29, 1.82) is 0 Å². The van der Waals surface area contributed by atoms with Crippen molar-refractivity contribution in [1.82, 2.24) is 18.9 Å². The molecule has 5 rings (SSSR count). The Bertz CT molecular complexity index is 1620. The van der Waals surface area contributed by atoms with Crippen molar-refractivity contribution in [3.8, 4) is 11.1 Å². The molecule has 0 spiro atoms. The third-order valence-electron chi connectivity index (χ3n) is 6.60. The van der Waals surface area contributed by atoms with Crippen molar-refractivity contribution in [2.75, 3.05) is 18.4 Å². The number of amides is 1. The summed E-state index contributed by atoms with van der Waals surface area (Å²) in [5, 5.41) is 7.95. The number of aromatic nitrogens is 3. The molecule has 0 aliphatic carbocycles. The van der Waals surface area contributed by atoms with Crippen LogP contribution in [0.15, 0.2) is 53.4 Å². The average molecular weight is 538 g/mol. The highest BCUT2D eigenvalue weighted by molar-refractivity contribution is 7.89. The highest BCUT2D eigenvalue weighted by Crippen LogP contribution is 2.33.